The molecular weight excluding hydrogens is 202 g/mol. The molecule has 0 aromatic carbocycles. The second-order valence-corrected chi connectivity index (χ2v) is 5.81. The minimum absolute atomic E-state index is 0.126. The molecule has 1 aliphatic carbocycles. The fraction of sp³-hybridized carbons (Fsp3) is 1.00. The Bertz CT molecular complexity index is 242. The Kier molecular flexibility index (Phi) is 3.54. The van der Waals surface area contributed by atoms with Crippen molar-refractivity contribution in [3.8, 4) is 0 Å². The Balaban J connectivity index is 1.85. The summed E-state index contributed by atoms with van der Waals surface area (Å²) in [5, 5.41) is 9.47. The van der Waals surface area contributed by atoms with Gasteiger partial charge in [-0.2, -0.15) is 0 Å². The number of likely N-dealkylation sites (N-methyl/N-ethyl adjacent to an activating group) is 1. The van der Waals surface area contributed by atoms with E-state index >= 15 is 0 Å². The van der Waals surface area contributed by atoms with E-state index in [-0.39, 0.29) is 12.1 Å². The Labute approximate surface area is 98.4 Å². The molecule has 4 nitrogen and oxygen atoms in total. The van der Waals surface area contributed by atoms with Crippen LogP contribution in [0.1, 0.15) is 19.3 Å². The molecule has 0 bridgehead atoms. The van der Waals surface area contributed by atoms with Gasteiger partial charge in [0.1, 0.15) is 0 Å². The number of hydrogen-bond donors (Lipinski definition) is 2. The van der Waals surface area contributed by atoms with Gasteiger partial charge in [-0.1, -0.05) is 0 Å². The molecule has 0 radical (unpaired) electrons. The standard InChI is InChI=1S/C12H25N3O/c1-14(2)11-5-6-15(7-11)8-12(13,9-16)10-3-4-10/h10-11,16H,3-9,13H2,1-2H3. The summed E-state index contributed by atoms with van der Waals surface area (Å²) in [5.74, 6) is 0.552. The second-order valence-electron chi connectivity index (χ2n) is 5.81. The minimum atomic E-state index is -0.346. The van der Waals surface area contributed by atoms with Gasteiger partial charge in [0.05, 0.1) is 12.1 Å². The highest BCUT2D eigenvalue weighted by molar-refractivity contribution is 5.01. The highest BCUT2D eigenvalue weighted by Crippen LogP contribution is 2.38. The fourth-order valence-electron chi connectivity index (χ4n) is 2.76. The van der Waals surface area contributed by atoms with E-state index in [0.717, 1.165) is 19.6 Å². The molecule has 1 heterocycles. The molecule has 0 aromatic heterocycles. The van der Waals surface area contributed by atoms with Crippen LogP contribution in [0.25, 0.3) is 0 Å². The van der Waals surface area contributed by atoms with Crippen LogP contribution in [0.4, 0.5) is 0 Å². The molecule has 2 atom stereocenters. The van der Waals surface area contributed by atoms with E-state index in [1.807, 2.05) is 0 Å². The number of rotatable bonds is 5. The fourth-order valence-corrected chi connectivity index (χ4v) is 2.76. The van der Waals surface area contributed by atoms with Crippen molar-refractivity contribution in [2.45, 2.75) is 30.8 Å². The van der Waals surface area contributed by atoms with Gasteiger partial charge in [0.15, 0.2) is 0 Å². The van der Waals surface area contributed by atoms with Crippen molar-refractivity contribution in [1.82, 2.24) is 9.80 Å². The van der Waals surface area contributed by atoms with E-state index in [4.69, 9.17) is 5.73 Å². The second kappa shape index (κ2) is 4.61. The summed E-state index contributed by atoms with van der Waals surface area (Å²) < 4.78 is 0. The molecule has 1 saturated heterocycles. The number of aliphatic hydroxyl groups excluding tert-OH is 1. The smallest absolute Gasteiger partial charge is 0.0626 e. The molecule has 4 heteroatoms. The third-order valence-electron chi connectivity index (χ3n) is 4.18. The van der Waals surface area contributed by atoms with E-state index in [0.29, 0.717) is 12.0 Å². The van der Waals surface area contributed by atoms with E-state index in [9.17, 15) is 5.11 Å². The zero-order valence-corrected chi connectivity index (χ0v) is 10.5. The number of likely N-dealkylation sites (tertiary alicyclic amines) is 1. The van der Waals surface area contributed by atoms with E-state index in [1.54, 1.807) is 0 Å². The SMILES string of the molecule is CN(C)C1CCN(CC(N)(CO)C2CC2)C1. The Morgan fingerprint density at radius 2 is 2.06 bits per heavy atom. The third-order valence-corrected chi connectivity index (χ3v) is 4.18. The lowest BCUT2D eigenvalue weighted by atomic mass is 9.95. The van der Waals surface area contributed by atoms with Crippen LogP contribution in [0.15, 0.2) is 0 Å². The Hall–Kier alpha value is -0.160. The minimum Gasteiger partial charge on any atom is -0.394 e. The largest absolute Gasteiger partial charge is 0.394 e. The first kappa shape index (κ1) is 12.3. The van der Waals surface area contributed by atoms with Crippen LogP contribution in [-0.2, 0) is 0 Å². The van der Waals surface area contributed by atoms with Crippen LogP contribution in [0.2, 0.25) is 0 Å². The zero-order chi connectivity index (χ0) is 11.8. The molecule has 1 aliphatic heterocycles. The Morgan fingerprint density at radius 1 is 1.38 bits per heavy atom. The zero-order valence-electron chi connectivity index (χ0n) is 10.5. The van der Waals surface area contributed by atoms with Gasteiger partial charge in [-0.05, 0) is 45.8 Å². The molecule has 2 fully saturated rings. The van der Waals surface area contributed by atoms with Gasteiger partial charge in [-0.15, -0.1) is 0 Å². The predicted molar refractivity (Wildman–Crippen MR) is 65.3 cm³/mol. The number of hydrogen-bond acceptors (Lipinski definition) is 4. The molecule has 2 aliphatic rings. The normalized spacial score (nSPS) is 30.9. The maximum absolute atomic E-state index is 9.47. The maximum Gasteiger partial charge on any atom is 0.0626 e. The lowest BCUT2D eigenvalue weighted by Crippen LogP contribution is -2.54. The lowest BCUT2D eigenvalue weighted by molar-refractivity contribution is 0.129. The average Bonchev–Trinajstić information content (AvgIpc) is 3.00. The van der Waals surface area contributed by atoms with Crippen molar-refractivity contribution in [2.75, 3.05) is 40.3 Å². The molecule has 2 unspecified atom stereocenters. The average molecular weight is 227 g/mol. The quantitative estimate of drug-likeness (QED) is 0.678. The number of aliphatic hydroxyl groups is 1. The van der Waals surface area contributed by atoms with E-state index < -0.39 is 0 Å². The van der Waals surface area contributed by atoms with Gasteiger partial charge in [0.25, 0.3) is 0 Å². The van der Waals surface area contributed by atoms with Crippen molar-refractivity contribution < 1.29 is 5.11 Å². The summed E-state index contributed by atoms with van der Waals surface area (Å²) in [6.45, 7) is 3.20. The van der Waals surface area contributed by atoms with Crippen molar-refractivity contribution in [1.29, 1.82) is 0 Å². The van der Waals surface area contributed by atoms with Gasteiger partial charge < -0.3 is 15.7 Å². The van der Waals surface area contributed by atoms with Crippen LogP contribution < -0.4 is 5.73 Å². The molecule has 2 rings (SSSR count). The van der Waals surface area contributed by atoms with E-state index in [1.165, 1.54) is 19.3 Å². The summed E-state index contributed by atoms with van der Waals surface area (Å²) in [7, 11) is 4.27. The molecule has 3 N–H and O–H groups in total. The first-order chi connectivity index (χ1) is 7.55. The van der Waals surface area contributed by atoms with Crippen LogP contribution in [0.5, 0.6) is 0 Å². The van der Waals surface area contributed by atoms with Crippen LogP contribution in [-0.4, -0.2) is 66.8 Å². The number of nitrogens with two attached hydrogens (primary N) is 1. The van der Waals surface area contributed by atoms with Crippen molar-refractivity contribution in [3.05, 3.63) is 0 Å². The third kappa shape index (κ3) is 2.56. The first-order valence-electron chi connectivity index (χ1n) is 6.33. The van der Waals surface area contributed by atoms with Gasteiger partial charge >= 0.3 is 0 Å². The maximum atomic E-state index is 9.47. The Morgan fingerprint density at radius 3 is 2.50 bits per heavy atom. The summed E-state index contributed by atoms with van der Waals surface area (Å²) in [4.78, 5) is 4.70. The highest BCUT2D eigenvalue weighted by Gasteiger charge is 2.43. The first-order valence-corrected chi connectivity index (χ1v) is 6.33. The predicted octanol–water partition coefficient (Wildman–Crippen LogP) is -0.278. The molecule has 16 heavy (non-hydrogen) atoms. The van der Waals surface area contributed by atoms with Crippen LogP contribution in [0.3, 0.4) is 0 Å². The van der Waals surface area contributed by atoms with Crippen LogP contribution >= 0.6 is 0 Å². The van der Waals surface area contributed by atoms with Crippen molar-refractivity contribution in [3.63, 3.8) is 0 Å². The van der Waals surface area contributed by atoms with Gasteiger partial charge in [-0.3, -0.25) is 4.90 Å². The number of nitrogens with zero attached hydrogens (tertiary/aromatic N) is 2. The van der Waals surface area contributed by atoms with Gasteiger partial charge in [0.2, 0.25) is 0 Å². The highest BCUT2D eigenvalue weighted by atomic mass is 16.3. The molecule has 0 spiro atoms. The summed E-state index contributed by atoms with van der Waals surface area (Å²) in [5.41, 5.74) is 5.95. The summed E-state index contributed by atoms with van der Waals surface area (Å²) in [6, 6.07) is 0.655. The molecule has 0 aromatic rings. The van der Waals surface area contributed by atoms with E-state index in [2.05, 4.69) is 23.9 Å². The summed E-state index contributed by atoms with van der Waals surface area (Å²) in [6.07, 6.45) is 3.61. The molecular formula is C12H25N3O. The molecule has 0 amide bonds. The summed E-state index contributed by atoms with van der Waals surface area (Å²) >= 11 is 0. The lowest BCUT2D eigenvalue weighted by Gasteiger charge is -2.32. The monoisotopic (exact) mass is 227 g/mol. The van der Waals surface area contributed by atoms with Gasteiger partial charge in [-0.25, -0.2) is 0 Å². The van der Waals surface area contributed by atoms with Crippen molar-refractivity contribution in [2.24, 2.45) is 11.7 Å². The molecule has 94 valence electrons. The topological polar surface area (TPSA) is 52.7 Å². The van der Waals surface area contributed by atoms with Crippen LogP contribution in [0, 0.1) is 5.92 Å². The van der Waals surface area contributed by atoms with Gasteiger partial charge in [0, 0.05) is 19.1 Å². The molecule has 1 saturated carbocycles. The van der Waals surface area contributed by atoms with Crippen molar-refractivity contribution >= 4 is 0 Å².